The smallest absolute Gasteiger partial charge is 0.343 e. The topological polar surface area (TPSA) is 114 Å². The maximum Gasteiger partial charge on any atom is 0.343 e. The fraction of sp³-hybridized carbons (Fsp3) is 0.192. The van der Waals surface area contributed by atoms with E-state index in [1.165, 1.54) is 31.5 Å². The molecule has 0 aromatic heterocycles. The lowest BCUT2D eigenvalue weighted by molar-refractivity contribution is -0.142. The van der Waals surface area contributed by atoms with E-state index in [2.05, 4.69) is 15.3 Å². The quantitative estimate of drug-likeness (QED) is 0.236. The van der Waals surface area contributed by atoms with Crippen LogP contribution in [-0.2, 0) is 24.3 Å². The minimum atomic E-state index is -4.08. The fourth-order valence-corrected chi connectivity index (χ4v) is 4.67. The number of sulfonamides is 1. The van der Waals surface area contributed by atoms with Gasteiger partial charge < -0.3 is 9.47 Å². The van der Waals surface area contributed by atoms with Crippen LogP contribution < -0.4 is 14.5 Å². The number of anilines is 1. The number of hydrogen-bond donors (Lipinski definition) is 1. The number of benzene rings is 3. The third kappa shape index (κ3) is 7.55. The number of nitrogens with one attached hydrogen (secondary N) is 1. The molecule has 0 aliphatic heterocycles. The molecule has 3 aromatic carbocycles. The van der Waals surface area contributed by atoms with E-state index in [1.807, 2.05) is 6.92 Å². The number of carbonyl (C=O) groups is 2. The molecule has 1 N–H and O–H groups in total. The highest BCUT2D eigenvalue weighted by Crippen LogP contribution is 2.28. The Morgan fingerprint density at radius 2 is 1.70 bits per heavy atom. The molecule has 9 nitrogen and oxygen atoms in total. The Bertz CT molecular complexity index is 1390. The van der Waals surface area contributed by atoms with Crippen LogP contribution in [0.5, 0.6) is 5.75 Å². The van der Waals surface area contributed by atoms with E-state index in [-0.39, 0.29) is 17.2 Å². The number of esters is 1. The second kappa shape index (κ2) is 12.4. The summed E-state index contributed by atoms with van der Waals surface area (Å²) in [5, 5.41) is 4.29. The monoisotopic (exact) mass is 543 g/mol. The zero-order chi connectivity index (χ0) is 27.0. The van der Waals surface area contributed by atoms with E-state index in [1.54, 1.807) is 55.5 Å². The number of halogens is 1. The van der Waals surface area contributed by atoms with Crippen LogP contribution in [0.15, 0.2) is 76.7 Å². The van der Waals surface area contributed by atoms with E-state index in [0.717, 1.165) is 15.4 Å². The van der Waals surface area contributed by atoms with Crippen LogP contribution in [0.1, 0.15) is 16.7 Å². The number of rotatable bonds is 10. The van der Waals surface area contributed by atoms with Crippen LogP contribution in [0, 0.1) is 13.8 Å². The molecular formula is C26H26ClN3O6S. The Kier molecular flexibility index (Phi) is 9.26. The van der Waals surface area contributed by atoms with Gasteiger partial charge in [-0.3, -0.25) is 9.10 Å². The second-order valence-corrected chi connectivity index (χ2v) is 10.3. The summed E-state index contributed by atoms with van der Waals surface area (Å²) in [4.78, 5) is 23.9. The van der Waals surface area contributed by atoms with Crippen LogP contribution in [0.25, 0.3) is 0 Å². The van der Waals surface area contributed by atoms with Crippen LogP contribution >= 0.6 is 11.6 Å². The molecule has 0 saturated carbocycles. The minimum Gasteiger partial charge on any atom is -0.482 e. The summed E-state index contributed by atoms with van der Waals surface area (Å²) >= 11 is 6.24. The van der Waals surface area contributed by atoms with Crippen LogP contribution in [0.4, 0.5) is 5.69 Å². The lowest BCUT2D eigenvalue weighted by Gasteiger charge is -2.24. The third-order valence-electron chi connectivity index (χ3n) is 5.21. The van der Waals surface area contributed by atoms with E-state index >= 15 is 0 Å². The molecule has 3 rings (SSSR count). The average Bonchev–Trinajstić information content (AvgIpc) is 2.88. The predicted octanol–water partition coefficient (Wildman–Crippen LogP) is 3.85. The van der Waals surface area contributed by atoms with Gasteiger partial charge in [-0.1, -0.05) is 35.4 Å². The van der Waals surface area contributed by atoms with E-state index < -0.39 is 28.4 Å². The van der Waals surface area contributed by atoms with E-state index in [9.17, 15) is 18.0 Å². The molecule has 194 valence electrons. The maximum absolute atomic E-state index is 13.4. The first-order valence-electron chi connectivity index (χ1n) is 11.1. The molecule has 0 unspecified atom stereocenters. The van der Waals surface area contributed by atoms with Crippen molar-refractivity contribution in [2.24, 2.45) is 5.10 Å². The van der Waals surface area contributed by atoms with Crippen LogP contribution in [0.3, 0.4) is 0 Å². The number of amides is 1. The number of nitrogens with zero attached hydrogens (tertiary/aromatic N) is 2. The molecule has 0 radical (unpaired) electrons. The zero-order valence-corrected chi connectivity index (χ0v) is 22.0. The first-order chi connectivity index (χ1) is 17.6. The number of hydrazone groups is 1. The van der Waals surface area contributed by atoms with Crippen molar-refractivity contribution in [3.8, 4) is 5.75 Å². The van der Waals surface area contributed by atoms with Crippen molar-refractivity contribution in [2.75, 3.05) is 24.6 Å². The number of aryl methyl sites for hydroxylation is 2. The van der Waals surface area contributed by atoms with Gasteiger partial charge in [0.05, 0.1) is 23.9 Å². The van der Waals surface area contributed by atoms with Gasteiger partial charge in [0.1, 0.15) is 12.3 Å². The molecule has 11 heteroatoms. The molecule has 0 saturated heterocycles. The van der Waals surface area contributed by atoms with Crippen molar-refractivity contribution in [1.29, 1.82) is 0 Å². The first kappa shape index (κ1) is 27.7. The number of carbonyl (C=O) groups excluding carboxylic acids is 2. The van der Waals surface area contributed by atoms with Gasteiger partial charge in [0, 0.05) is 5.02 Å². The van der Waals surface area contributed by atoms with Crippen molar-refractivity contribution in [3.63, 3.8) is 0 Å². The van der Waals surface area contributed by atoms with Crippen molar-refractivity contribution in [2.45, 2.75) is 18.7 Å². The van der Waals surface area contributed by atoms with Gasteiger partial charge in [-0.25, -0.2) is 18.6 Å². The van der Waals surface area contributed by atoms with Gasteiger partial charge in [0.2, 0.25) is 0 Å². The summed E-state index contributed by atoms with van der Waals surface area (Å²) in [5.74, 6) is -0.693. The number of hydrogen-bond acceptors (Lipinski definition) is 7. The Morgan fingerprint density at radius 1 is 1.03 bits per heavy atom. The maximum atomic E-state index is 13.4. The highest BCUT2D eigenvalue weighted by molar-refractivity contribution is 7.92. The normalized spacial score (nSPS) is 11.2. The van der Waals surface area contributed by atoms with Crippen molar-refractivity contribution >= 4 is 45.4 Å². The summed E-state index contributed by atoms with van der Waals surface area (Å²) < 4.78 is 37.7. The van der Waals surface area contributed by atoms with Gasteiger partial charge in [0.25, 0.3) is 15.9 Å². The van der Waals surface area contributed by atoms with Crippen LogP contribution in [-0.4, -0.2) is 46.8 Å². The molecule has 0 aliphatic rings. The lowest BCUT2D eigenvalue weighted by Crippen LogP contribution is -2.39. The Morgan fingerprint density at radius 3 is 2.32 bits per heavy atom. The second-order valence-electron chi connectivity index (χ2n) is 7.99. The molecule has 1 amide bonds. The molecular weight excluding hydrogens is 518 g/mol. The molecule has 0 bridgehead atoms. The number of ether oxygens (including phenoxy) is 2. The minimum absolute atomic E-state index is 0.0422. The van der Waals surface area contributed by atoms with E-state index in [4.69, 9.17) is 16.3 Å². The summed E-state index contributed by atoms with van der Waals surface area (Å²) in [6, 6.07) is 17.7. The molecule has 0 heterocycles. The Labute approximate surface area is 220 Å². The highest BCUT2D eigenvalue weighted by Gasteiger charge is 2.27. The Hall–Kier alpha value is -3.89. The van der Waals surface area contributed by atoms with Crippen molar-refractivity contribution < 1.29 is 27.5 Å². The van der Waals surface area contributed by atoms with Crippen molar-refractivity contribution in [3.05, 3.63) is 88.4 Å². The molecule has 37 heavy (non-hydrogen) atoms. The van der Waals surface area contributed by atoms with Gasteiger partial charge in [-0.2, -0.15) is 5.10 Å². The number of methoxy groups -OCH3 is 1. The SMILES string of the molecule is COC(=O)COc1ccc(/C=N\NC(=O)CN(c2ccc(C)c(Cl)c2)S(=O)(=O)c2ccc(C)cc2)cc1. The zero-order valence-electron chi connectivity index (χ0n) is 20.5. The summed E-state index contributed by atoms with van der Waals surface area (Å²) in [6.07, 6.45) is 1.39. The molecule has 0 atom stereocenters. The van der Waals surface area contributed by atoms with E-state index in [0.29, 0.717) is 16.3 Å². The summed E-state index contributed by atoms with van der Waals surface area (Å²) in [6.45, 7) is 2.91. The van der Waals surface area contributed by atoms with Gasteiger partial charge in [-0.05, 0) is 73.5 Å². The lowest BCUT2D eigenvalue weighted by atomic mass is 10.2. The molecule has 0 aliphatic carbocycles. The molecule has 3 aromatic rings. The average molecular weight is 544 g/mol. The van der Waals surface area contributed by atoms with Crippen LogP contribution in [0.2, 0.25) is 5.02 Å². The summed E-state index contributed by atoms with van der Waals surface area (Å²) in [7, 11) is -2.81. The summed E-state index contributed by atoms with van der Waals surface area (Å²) in [5.41, 5.74) is 4.91. The Balaban J connectivity index is 1.74. The standard InChI is InChI=1S/C26H26ClN3O6S/c1-18-4-12-23(13-5-18)37(33,34)30(21-9-6-19(2)24(27)14-21)16-25(31)29-28-15-20-7-10-22(11-8-20)36-17-26(32)35-3/h4-15H,16-17H2,1-3H3,(H,29,31)/b28-15-. The highest BCUT2D eigenvalue weighted by atomic mass is 35.5. The third-order valence-corrected chi connectivity index (χ3v) is 7.40. The van der Waals surface area contributed by atoms with Gasteiger partial charge >= 0.3 is 5.97 Å². The molecule has 0 spiro atoms. The largest absolute Gasteiger partial charge is 0.482 e. The molecule has 0 fully saturated rings. The van der Waals surface area contributed by atoms with Gasteiger partial charge in [0.15, 0.2) is 6.61 Å². The van der Waals surface area contributed by atoms with Crippen molar-refractivity contribution in [1.82, 2.24) is 5.43 Å². The fourth-order valence-electron chi connectivity index (χ4n) is 3.09. The first-order valence-corrected chi connectivity index (χ1v) is 12.9. The van der Waals surface area contributed by atoms with Gasteiger partial charge in [-0.15, -0.1) is 0 Å². The predicted molar refractivity (Wildman–Crippen MR) is 142 cm³/mol.